The van der Waals surface area contributed by atoms with Crippen LogP contribution in [-0.2, 0) is 10.2 Å². The predicted octanol–water partition coefficient (Wildman–Crippen LogP) is 1.98. The maximum atomic E-state index is 13.0. The van der Waals surface area contributed by atoms with Crippen LogP contribution < -0.4 is 15.2 Å². The highest BCUT2D eigenvalue weighted by Gasteiger charge is 2.38. The van der Waals surface area contributed by atoms with Crippen molar-refractivity contribution >= 4 is 33.6 Å². The lowest BCUT2D eigenvalue weighted by Gasteiger charge is -2.27. The first-order chi connectivity index (χ1) is 17.5. The Morgan fingerprint density at radius 1 is 1.43 bits per heavy atom. The van der Waals surface area contributed by atoms with E-state index < -0.39 is 28.9 Å². The number of hydrogen-bond donors (Lipinski definition) is 4. The molecule has 1 aromatic heterocycles. The van der Waals surface area contributed by atoms with Gasteiger partial charge in [0.25, 0.3) is 10.2 Å². The largest absolute Gasteiger partial charge is 0.398 e. The van der Waals surface area contributed by atoms with Crippen LogP contribution in [-0.4, -0.2) is 73.3 Å². The minimum atomic E-state index is -3.85. The van der Waals surface area contributed by atoms with Crippen molar-refractivity contribution in [3.05, 3.63) is 39.6 Å². The number of alkyl halides is 2. The Bertz CT molecular complexity index is 1180. The van der Waals surface area contributed by atoms with E-state index in [0.717, 1.165) is 24.8 Å². The summed E-state index contributed by atoms with van der Waals surface area (Å²) < 4.78 is 56.2. The number of amidine groups is 1. The van der Waals surface area contributed by atoms with E-state index in [0.29, 0.717) is 35.8 Å². The van der Waals surface area contributed by atoms with Crippen LogP contribution in [0.25, 0.3) is 0 Å². The van der Waals surface area contributed by atoms with Crippen molar-refractivity contribution < 1.29 is 22.3 Å². The van der Waals surface area contributed by atoms with E-state index in [1.54, 1.807) is 13.1 Å². The number of aliphatic imine (C=N–C) groups is 2. The van der Waals surface area contributed by atoms with Gasteiger partial charge in [-0.05, 0) is 44.1 Å². The zero-order valence-electron chi connectivity index (χ0n) is 20.7. The fourth-order valence-corrected chi connectivity index (χ4v) is 7.22. The lowest BCUT2D eigenvalue weighted by Crippen LogP contribution is -2.47. The molecule has 4 unspecified atom stereocenters. The first-order valence-electron chi connectivity index (χ1n) is 12.2. The smallest absolute Gasteiger partial charge is 0.331 e. The first-order valence-corrected chi connectivity index (χ1v) is 14.6. The molecule has 3 aliphatic rings. The van der Waals surface area contributed by atoms with Gasteiger partial charge in [0.15, 0.2) is 10.8 Å². The summed E-state index contributed by atoms with van der Waals surface area (Å²) in [4.78, 5) is 13.9. The zero-order valence-corrected chi connectivity index (χ0v) is 22.4. The van der Waals surface area contributed by atoms with Crippen LogP contribution in [0.3, 0.4) is 0 Å². The normalized spacial score (nSPS) is 27.9. The van der Waals surface area contributed by atoms with Crippen LogP contribution in [0.15, 0.2) is 44.6 Å². The third-order valence-corrected chi connectivity index (χ3v) is 9.10. The monoisotopic (exact) mass is 557 g/mol. The van der Waals surface area contributed by atoms with Gasteiger partial charge in [0.1, 0.15) is 0 Å². The van der Waals surface area contributed by atoms with Crippen LogP contribution in [0.2, 0.25) is 0 Å². The number of rotatable bonds is 10. The number of allylic oxidation sites excluding steroid dienone is 1. The molecule has 1 aliphatic carbocycles. The van der Waals surface area contributed by atoms with Crippen molar-refractivity contribution in [2.45, 2.75) is 64.3 Å². The Hall–Kier alpha value is -2.26. The topological polar surface area (TPSA) is 145 Å². The van der Waals surface area contributed by atoms with Crippen molar-refractivity contribution in [3.8, 4) is 0 Å². The second-order valence-corrected chi connectivity index (χ2v) is 12.2. The Balaban J connectivity index is 1.48. The average Bonchev–Trinajstić information content (AvgIpc) is 3.55. The van der Waals surface area contributed by atoms with E-state index in [4.69, 9.17) is 5.73 Å². The molecule has 1 saturated heterocycles. The SMILES string of the molecule is CC(CC1CCC(C)C1O)NS(=O)(=O)N[C@H]1CC2=C(C(N)=CC=NC(F)F)CN=C(c3nccs3)N2C1. The highest BCUT2D eigenvalue weighted by molar-refractivity contribution is 7.87. The van der Waals surface area contributed by atoms with Crippen molar-refractivity contribution in [2.75, 3.05) is 13.1 Å². The lowest BCUT2D eigenvalue weighted by atomic mass is 9.96. The van der Waals surface area contributed by atoms with Crippen LogP contribution in [0, 0.1) is 11.8 Å². The summed E-state index contributed by atoms with van der Waals surface area (Å²) >= 11 is 1.42. The highest BCUT2D eigenvalue weighted by Crippen LogP contribution is 2.35. The maximum absolute atomic E-state index is 13.0. The molecule has 0 radical (unpaired) electrons. The molecule has 1 aromatic rings. The summed E-state index contributed by atoms with van der Waals surface area (Å²) in [5, 5.41) is 12.8. The standard InChI is InChI=1S/C23H33F2N7O3S2/c1-13-3-4-15(20(13)33)9-14(2)30-37(34,35)31-16-10-19-17(18(26)5-6-28-23(24)25)11-29-21(32(19)12-16)22-27-7-8-36-22/h5-8,13-16,20,23,30-31,33H,3-4,9-12,26H2,1-2H3/t13?,14?,15?,16-,20?/m0/s1. The molecule has 2 aliphatic heterocycles. The summed E-state index contributed by atoms with van der Waals surface area (Å²) in [7, 11) is -3.85. The first kappa shape index (κ1) is 27.8. The third kappa shape index (κ3) is 6.79. The lowest BCUT2D eigenvalue weighted by molar-refractivity contribution is 0.0908. The van der Waals surface area contributed by atoms with Gasteiger partial charge >= 0.3 is 6.55 Å². The molecular weight excluding hydrogens is 524 g/mol. The van der Waals surface area contributed by atoms with Crippen LogP contribution in [0.4, 0.5) is 8.78 Å². The van der Waals surface area contributed by atoms with Gasteiger partial charge in [-0.25, -0.2) is 9.98 Å². The summed E-state index contributed by atoms with van der Waals surface area (Å²) in [6, 6.07) is -0.820. The maximum Gasteiger partial charge on any atom is 0.331 e. The van der Waals surface area contributed by atoms with Gasteiger partial charge in [-0.3, -0.25) is 4.99 Å². The van der Waals surface area contributed by atoms with Crippen LogP contribution >= 0.6 is 11.3 Å². The number of halogens is 2. The predicted molar refractivity (Wildman–Crippen MR) is 140 cm³/mol. The summed E-state index contributed by atoms with van der Waals surface area (Å²) in [5.41, 5.74) is 7.82. The Morgan fingerprint density at radius 3 is 2.86 bits per heavy atom. The van der Waals surface area contributed by atoms with Crippen molar-refractivity contribution in [3.63, 3.8) is 0 Å². The molecule has 37 heavy (non-hydrogen) atoms. The summed E-state index contributed by atoms with van der Waals surface area (Å²) in [5.74, 6) is 0.915. The van der Waals surface area contributed by atoms with E-state index in [1.807, 2.05) is 17.2 Å². The number of hydrogen-bond acceptors (Lipinski definition) is 9. The second kappa shape index (κ2) is 11.6. The number of thiazole rings is 1. The van der Waals surface area contributed by atoms with Crippen molar-refractivity contribution in [2.24, 2.45) is 27.6 Å². The number of nitrogens with two attached hydrogens (primary N) is 1. The fraction of sp³-hybridized carbons (Fsp3) is 0.609. The van der Waals surface area contributed by atoms with Crippen molar-refractivity contribution in [1.82, 2.24) is 19.3 Å². The Morgan fingerprint density at radius 2 is 2.22 bits per heavy atom. The Kier molecular flexibility index (Phi) is 8.74. The minimum Gasteiger partial charge on any atom is -0.398 e. The molecule has 0 spiro atoms. The fourth-order valence-electron chi connectivity index (χ4n) is 5.27. The van der Waals surface area contributed by atoms with Gasteiger partial charge < -0.3 is 15.7 Å². The van der Waals surface area contributed by atoms with Crippen LogP contribution in [0.5, 0.6) is 0 Å². The highest BCUT2D eigenvalue weighted by atomic mass is 32.2. The molecule has 0 bridgehead atoms. The van der Waals surface area contributed by atoms with Gasteiger partial charge in [-0.15, -0.1) is 11.3 Å². The molecule has 5 N–H and O–H groups in total. The van der Waals surface area contributed by atoms with Gasteiger partial charge in [0.2, 0.25) is 0 Å². The van der Waals surface area contributed by atoms with E-state index in [1.165, 1.54) is 17.4 Å². The van der Waals surface area contributed by atoms with Gasteiger partial charge in [-0.2, -0.15) is 26.6 Å². The molecule has 0 amide bonds. The van der Waals surface area contributed by atoms with E-state index in [2.05, 4.69) is 24.4 Å². The quantitative estimate of drug-likeness (QED) is 0.256. The average molecular weight is 558 g/mol. The number of nitrogens with one attached hydrogen (secondary N) is 2. The van der Waals surface area contributed by atoms with Gasteiger partial charge in [0, 0.05) is 59.8 Å². The molecule has 204 valence electrons. The van der Waals surface area contributed by atoms with Crippen molar-refractivity contribution in [1.29, 1.82) is 0 Å². The zero-order chi connectivity index (χ0) is 26.7. The number of fused-ring (bicyclic) bond motifs is 1. The van der Waals surface area contributed by atoms with E-state index in [-0.39, 0.29) is 30.1 Å². The number of aliphatic hydroxyl groups is 1. The van der Waals surface area contributed by atoms with Gasteiger partial charge in [0.05, 0.1) is 12.6 Å². The van der Waals surface area contributed by atoms with E-state index in [9.17, 15) is 22.3 Å². The number of aromatic nitrogens is 1. The molecule has 2 fully saturated rings. The molecule has 14 heteroatoms. The van der Waals surface area contributed by atoms with Crippen LogP contribution in [0.1, 0.15) is 44.5 Å². The number of aliphatic hydroxyl groups excluding tert-OH is 1. The summed E-state index contributed by atoms with van der Waals surface area (Å²) in [6.45, 7) is 1.49. The minimum absolute atomic E-state index is 0.0707. The summed E-state index contributed by atoms with van der Waals surface area (Å²) in [6.07, 6.45) is 6.23. The molecule has 4 rings (SSSR count). The third-order valence-electron chi connectivity index (χ3n) is 6.98. The second-order valence-electron chi connectivity index (χ2n) is 9.79. The van der Waals surface area contributed by atoms with Gasteiger partial charge in [-0.1, -0.05) is 6.92 Å². The molecule has 1 saturated carbocycles. The molecule has 5 atom stereocenters. The Labute approximate surface area is 219 Å². The molecular formula is C23H33F2N7O3S2. The molecule has 10 nitrogen and oxygen atoms in total. The molecule has 3 heterocycles. The molecule has 0 aromatic carbocycles. The number of nitrogens with zero attached hydrogens (tertiary/aromatic N) is 4. The van der Waals surface area contributed by atoms with E-state index >= 15 is 0 Å².